The van der Waals surface area contributed by atoms with Crippen molar-refractivity contribution >= 4 is 54.0 Å². The first-order valence-electron chi connectivity index (χ1n) is 13.9. The molecule has 0 unspecified atom stereocenters. The molecule has 3 heterocycles. The van der Waals surface area contributed by atoms with E-state index in [1.807, 2.05) is 49.4 Å². The molecule has 12 nitrogen and oxygen atoms in total. The summed E-state index contributed by atoms with van der Waals surface area (Å²) in [5.74, 6) is 1.21. The number of H-pyrrole nitrogens is 1. The number of nitrogens with one attached hydrogen (secondary N) is 3. The zero-order chi connectivity index (χ0) is 31.1. The van der Waals surface area contributed by atoms with E-state index in [1.165, 1.54) is 0 Å². The van der Waals surface area contributed by atoms with Crippen LogP contribution >= 0.6 is 0 Å². The number of benzene rings is 3. The number of sulfone groups is 2. The normalized spacial score (nSPS) is 13.7. The number of para-hydroxylation sites is 1. The van der Waals surface area contributed by atoms with Crippen molar-refractivity contribution in [2.75, 3.05) is 47.7 Å². The number of aromatic nitrogens is 4. The largest absolute Gasteiger partial charge is 0.491 e. The molecule has 44 heavy (non-hydrogen) atoms. The highest BCUT2D eigenvalue weighted by atomic mass is 32.2. The average Bonchev–Trinajstić information content (AvgIpc) is 3.25. The second-order valence-corrected chi connectivity index (χ2v) is 14.3. The molecule has 3 N–H and O–H groups in total. The molecule has 5 aromatic rings. The number of rotatable bonds is 8. The minimum Gasteiger partial charge on any atom is -0.491 e. The molecule has 0 aliphatic carbocycles. The number of aromatic amines is 1. The number of nitrogens with zero attached hydrogens (tertiary/aromatic N) is 4. The number of hydrogen-bond acceptors (Lipinski definition) is 11. The van der Waals surface area contributed by atoms with Crippen LogP contribution in [0.25, 0.3) is 22.2 Å². The summed E-state index contributed by atoms with van der Waals surface area (Å²) in [6, 6.07) is 20.6. The molecule has 3 aromatic carbocycles. The molecule has 228 valence electrons. The lowest BCUT2D eigenvalue weighted by molar-refractivity contribution is 0.331. The van der Waals surface area contributed by atoms with Crippen LogP contribution in [0.4, 0.5) is 23.3 Å². The monoisotopic (exact) mass is 633 g/mol. The second kappa shape index (κ2) is 11.4. The van der Waals surface area contributed by atoms with Gasteiger partial charge in [-0.25, -0.2) is 21.8 Å². The minimum absolute atomic E-state index is 0.0157. The Kier molecular flexibility index (Phi) is 7.63. The highest BCUT2D eigenvalue weighted by Crippen LogP contribution is 2.36. The maximum atomic E-state index is 13.2. The van der Waals surface area contributed by atoms with Gasteiger partial charge < -0.3 is 25.3 Å². The van der Waals surface area contributed by atoms with Crippen LogP contribution in [0.15, 0.2) is 76.8 Å². The Morgan fingerprint density at radius 1 is 0.909 bits per heavy atom. The van der Waals surface area contributed by atoms with Crippen LogP contribution in [0.5, 0.6) is 5.75 Å². The molecular weight excluding hydrogens is 603 g/mol. The lowest BCUT2D eigenvalue weighted by atomic mass is 10.0. The van der Waals surface area contributed by atoms with Crippen molar-refractivity contribution in [3.05, 3.63) is 72.3 Å². The number of fused-ring (bicyclic) bond motifs is 2. The SMILES string of the molecule is CCNc1nc2ccc(-c3ccc4c(c3)CN(c3nc(S(C)(=O)=O)nc(Nc5ccccc5)c3S(C)(=O)=O)CCO4)cc2[nH]1. The molecule has 0 bridgehead atoms. The molecule has 0 amide bonds. The molecule has 1 aliphatic heterocycles. The predicted octanol–water partition coefficient (Wildman–Crippen LogP) is 4.40. The van der Waals surface area contributed by atoms with Gasteiger partial charge >= 0.3 is 0 Å². The first kappa shape index (κ1) is 29.4. The van der Waals surface area contributed by atoms with Crippen molar-refractivity contribution in [2.24, 2.45) is 0 Å². The maximum absolute atomic E-state index is 13.2. The van der Waals surface area contributed by atoms with Crippen LogP contribution in [0.3, 0.4) is 0 Å². The number of ether oxygens (including phenoxy) is 1. The fourth-order valence-corrected chi connectivity index (χ4v) is 6.54. The van der Waals surface area contributed by atoms with Crippen molar-refractivity contribution in [1.82, 2.24) is 19.9 Å². The minimum atomic E-state index is -3.94. The Hall–Kier alpha value is -4.69. The summed E-state index contributed by atoms with van der Waals surface area (Å²) in [4.78, 5) is 17.8. The standard InChI is InChI=1S/C30H31N7O5S2/c1-4-31-29-33-23-12-10-20(17-24(23)34-29)19-11-13-25-21(16-19)18-37(14-15-42-25)28-26(43(2,38)39)27(32-22-8-6-5-7-9-22)35-30(36-28)44(3,40)41/h5-13,16-17H,4,14-15,18H2,1-3H3,(H2,31,33,34)(H,32,35,36). The van der Waals surface area contributed by atoms with E-state index in [0.717, 1.165) is 46.8 Å². The second-order valence-electron chi connectivity index (χ2n) is 10.5. The van der Waals surface area contributed by atoms with Gasteiger partial charge in [-0.2, -0.15) is 9.97 Å². The lowest BCUT2D eigenvalue weighted by Gasteiger charge is -2.25. The molecule has 1 aliphatic rings. The molecule has 2 aromatic heterocycles. The van der Waals surface area contributed by atoms with E-state index in [9.17, 15) is 16.8 Å². The van der Waals surface area contributed by atoms with Gasteiger partial charge in [0.1, 0.15) is 12.4 Å². The molecule has 0 atom stereocenters. The van der Waals surface area contributed by atoms with E-state index in [0.29, 0.717) is 17.4 Å². The van der Waals surface area contributed by atoms with Gasteiger partial charge in [-0.1, -0.05) is 30.3 Å². The van der Waals surface area contributed by atoms with Crippen molar-refractivity contribution in [1.29, 1.82) is 0 Å². The smallest absolute Gasteiger partial charge is 0.250 e. The fraction of sp³-hybridized carbons (Fsp3) is 0.233. The summed E-state index contributed by atoms with van der Waals surface area (Å²) in [5.41, 5.74) is 4.93. The van der Waals surface area contributed by atoms with E-state index in [4.69, 9.17) is 4.74 Å². The van der Waals surface area contributed by atoms with Crippen LogP contribution in [0.1, 0.15) is 12.5 Å². The summed E-state index contributed by atoms with van der Waals surface area (Å²) >= 11 is 0. The molecule has 6 rings (SSSR count). The molecule has 0 saturated heterocycles. The Labute approximate surface area is 255 Å². The first-order valence-corrected chi connectivity index (χ1v) is 17.7. The van der Waals surface area contributed by atoms with Crippen molar-refractivity contribution < 1.29 is 21.6 Å². The molecule has 0 saturated carbocycles. The molecule has 0 radical (unpaired) electrons. The molecular formula is C30H31N7O5S2. The van der Waals surface area contributed by atoms with Crippen molar-refractivity contribution in [2.45, 2.75) is 23.5 Å². The Morgan fingerprint density at radius 3 is 2.39 bits per heavy atom. The summed E-state index contributed by atoms with van der Waals surface area (Å²) in [7, 11) is -7.84. The summed E-state index contributed by atoms with van der Waals surface area (Å²) in [6.07, 6.45) is 2.04. The highest BCUT2D eigenvalue weighted by Gasteiger charge is 2.30. The Morgan fingerprint density at radius 2 is 1.66 bits per heavy atom. The maximum Gasteiger partial charge on any atom is 0.250 e. The van der Waals surface area contributed by atoms with Gasteiger partial charge in [0, 0.05) is 36.9 Å². The lowest BCUT2D eigenvalue weighted by Crippen LogP contribution is -2.29. The number of anilines is 4. The van der Waals surface area contributed by atoms with Crippen LogP contribution in [0, 0.1) is 0 Å². The van der Waals surface area contributed by atoms with Crippen LogP contribution < -0.4 is 20.3 Å². The summed E-state index contributed by atoms with van der Waals surface area (Å²) in [6.45, 7) is 3.44. The highest BCUT2D eigenvalue weighted by molar-refractivity contribution is 7.91. The zero-order valence-electron chi connectivity index (χ0n) is 24.3. The van der Waals surface area contributed by atoms with Crippen LogP contribution in [-0.2, 0) is 26.2 Å². The van der Waals surface area contributed by atoms with Crippen LogP contribution in [0.2, 0.25) is 0 Å². The topological polar surface area (TPSA) is 159 Å². The van der Waals surface area contributed by atoms with Crippen molar-refractivity contribution in [3.63, 3.8) is 0 Å². The first-order chi connectivity index (χ1) is 21.0. The predicted molar refractivity (Wildman–Crippen MR) is 170 cm³/mol. The fourth-order valence-electron chi connectivity index (χ4n) is 5.08. The van der Waals surface area contributed by atoms with E-state index < -0.39 is 24.8 Å². The molecule has 14 heteroatoms. The Bertz CT molecular complexity index is 2080. The van der Waals surface area contributed by atoms with Gasteiger partial charge in [-0.15, -0.1) is 0 Å². The van der Waals surface area contributed by atoms with Gasteiger partial charge in [-0.05, 0) is 54.4 Å². The van der Waals surface area contributed by atoms with Gasteiger partial charge in [0.2, 0.25) is 15.8 Å². The number of imidazole rings is 1. The van der Waals surface area contributed by atoms with Crippen molar-refractivity contribution in [3.8, 4) is 16.9 Å². The molecule has 0 spiro atoms. The third kappa shape index (κ3) is 6.03. The third-order valence-electron chi connectivity index (χ3n) is 7.07. The quantitative estimate of drug-likeness (QED) is 0.208. The molecule has 0 fully saturated rings. The summed E-state index contributed by atoms with van der Waals surface area (Å²) < 4.78 is 57.9. The van der Waals surface area contributed by atoms with Gasteiger partial charge in [0.05, 0.1) is 17.6 Å². The van der Waals surface area contributed by atoms with E-state index >= 15 is 0 Å². The Balaban J connectivity index is 1.44. The zero-order valence-corrected chi connectivity index (χ0v) is 26.0. The summed E-state index contributed by atoms with van der Waals surface area (Å²) in [5, 5.41) is 5.70. The number of hydrogen-bond donors (Lipinski definition) is 3. The van der Waals surface area contributed by atoms with E-state index in [2.05, 4.69) is 30.6 Å². The van der Waals surface area contributed by atoms with Crippen LogP contribution in [-0.4, -0.2) is 69.0 Å². The van der Waals surface area contributed by atoms with Gasteiger partial charge in [0.25, 0.3) is 5.16 Å². The third-order valence-corrected chi connectivity index (χ3v) is 9.03. The van der Waals surface area contributed by atoms with E-state index in [1.54, 1.807) is 29.2 Å². The average molecular weight is 634 g/mol. The van der Waals surface area contributed by atoms with Gasteiger partial charge in [-0.3, -0.25) is 0 Å². The van der Waals surface area contributed by atoms with E-state index in [-0.39, 0.29) is 36.2 Å². The van der Waals surface area contributed by atoms with Gasteiger partial charge in [0.15, 0.2) is 26.4 Å².